The van der Waals surface area contributed by atoms with Crippen LogP contribution in [-0.2, 0) is 11.2 Å². The summed E-state index contributed by atoms with van der Waals surface area (Å²) >= 11 is 0. The maximum atomic E-state index is 10.3. The zero-order valence-corrected chi connectivity index (χ0v) is 16.5. The van der Waals surface area contributed by atoms with Crippen LogP contribution in [0.4, 0.5) is 0 Å². The molecule has 0 bridgehead atoms. The highest BCUT2D eigenvalue weighted by molar-refractivity contribution is 5.49. The van der Waals surface area contributed by atoms with Crippen molar-refractivity contribution in [3.8, 4) is 11.5 Å². The van der Waals surface area contributed by atoms with E-state index in [-0.39, 0.29) is 18.2 Å². The highest BCUT2D eigenvalue weighted by Gasteiger charge is 2.46. The van der Waals surface area contributed by atoms with Crippen LogP contribution in [0.3, 0.4) is 0 Å². The highest BCUT2D eigenvalue weighted by Crippen LogP contribution is 2.39. The van der Waals surface area contributed by atoms with Gasteiger partial charge in [-0.25, -0.2) is 0 Å². The number of hydrogen-bond acceptors (Lipinski definition) is 6. The summed E-state index contributed by atoms with van der Waals surface area (Å²) in [5, 5.41) is 14.0. The predicted molar refractivity (Wildman–Crippen MR) is 104 cm³/mol. The number of rotatable bonds is 6. The molecular formula is C21H32N2O4. The smallest absolute Gasteiger partial charge is 0.161 e. The Hall–Kier alpha value is -1.34. The fraction of sp³-hybridized carbons (Fsp3) is 0.714. The second-order valence-electron chi connectivity index (χ2n) is 8.12. The second kappa shape index (κ2) is 7.95. The molecule has 2 N–H and O–H groups in total. The van der Waals surface area contributed by atoms with Gasteiger partial charge in [-0.1, -0.05) is 0 Å². The number of hydrogen-bond donors (Lipinski definition) is 2. The second-order valence-corrected chi connectivity index (χ2v) is 8.12. The Kier molecular flexibility index (Phi) is 5.60. The summed E-state index contributed by atoms with van der Waals surface area (Å²) in [6.07, 6.45) is 5.67. The predicted octanol–water partition coefficient (Wildman–Crippen LogP) is 1.90. The standard InChI is InChI=1S/C21H32N2O4/c1-25-19-9-15-5-3-7-18(17(15)10-20(19)26-2)22-12-21(13-24)14-27-11-16-6-4-8-23(16)21/h9-10,16,18,22,24H,3-8,11-14H2,1-2H3/t16-,18?,21+/m0/s1. The average molecular weight is 376 g/mol. The Labute approximate surface area is 161 Å². The lowest BCUT2D eigenvalue weighted by atomic mass is 9.86. The van der Waals surface area contributed by atoms with E-state index in [0.717, 1.165) is 50.5 Å². The molecular weight excluding hydrogens is 344 g/mol. The van der Waals surface area contributed by atoms with Crippen LogP contribution in [0.5, 0.6) is 11.5 Å². The number of fused-ring (bicyclic) bond motifs is 2. The molecule has 27 heavy (non-hydrogen) atoms. The highest BCUT2D eigenvalue weighted by atomic mass is 16.5. The van der Waals surface area contributed by atoms with E-state index in [9.17, 15) is 5.11 Å². The molecule has 0 saturated carbocycles. The SMILES string of the molecule is COc1cc2c(cc1OC)C(NC[C@@]1(CO)COC[C@@H]3CCCN31)CCC2. The van der Waals surface area contributed by atoms with Crippen molar-refractivity contribution in [3.63, 3.8) is 0 Å². The molecule has 1 aromatic carbocycles. The van der Waals surface area contributed by atoms with Gasteiger partial charge in [-0.05, 0) is 61.9 Å². The number of ether oxygens (including phenoxy) is 3. The number of benzene rings is 1. The van der Waals surface area contributed by atoms with Gasteiger partial charge in [0, 0.05) is 18.6 Å². The molecule has 0 aromatic heterocycles. The lowest BCUT2D eigenvalue weighted by molar-refractivity contribution is -0.107. The number of aliphatic hydroxyl groups is 1. The molecule has 150 valence electrons. The molecule has 0 radical (unpaired) electrons. The van der Waals surface area contributed by atoms with E-state index >= 15 is 0 Å². The molecule has 1 aliphatic carbocycles. The normalized spacial score (nSPS) is 30.6. The Balaban J connectivity index is 1.54. The van der Waals surface area contributed by atoms with Crippen molar-refractivity contribution in [1.29, 1.82) is 0 Å². The van der Waals surface area contributed by atoms with Gasteiger partial charge in [-0.15, -0.1) is 0 Å². The lowest BCUT2D eigenvalue weighted by Crippen LogP contribution is -2.65. The van der Waals surface area contributed by atoms with Crippen molar-refractivity contribution in [3.05, 3.63) is 23.3 Å². The van der Waals surface area contributed by atoms with Crippen LogP contribution in [-0.4, -0.2) is 68.7 Å². The maximum absolute atomic E-state index is 10.3. The van der Waals surface area contributed by atoms with Gasteiger partial charge in [-0.3, -0.25) is 4.90 Å². The number of aryl methyl sites for hydroxylation is 1. The maximum Gasteiger partial charge on any atom is 0.161 e. The van der Waals surface area contributed by atoms with Crippen molar-refractivity contribution in [2.24, 2.45) is 0 Å². The first kappa shape index (κ1) is 19.0. The van der Waals surface area contributed by atoms with Crippen molar-refractivity contribution in [1.82, 2.24) is 10.2 Å². The number of morpholine rings is 1. The monoisotopic (exact) mass is 376 g/mol. The van der Waals surface area contributed by atoms with E-state index in [1.54, 1.807) is 14.2 Å². The molecule has 3 atom stereocenters. The third kappa shape index (κ3) is 3.44. The zero-order chi connectivity index (χ0) is 18.9. The summed E-state index contributed by atoms with van der Waals surface area (Å²) in [6.45, 7) is 3.31. The Morgan fingerprint density at radius 2 is 2.04 bits per heavy atom. The van der Waals surface area contributed by atoms with Gasteiger partial charge in [0.1, 0.15) is 0 Å². The van der Waals surface area contributed by atoms with E-state index < -0.39 is 0 Å². The third-order valence-corrected chi connectivity index (χ3v) is 6.60. The van der Waals surface area contributed by atoms with Crippen LogP contribution in [0.15, 0.2) is 12.1 Å². The number of nitrogens with one attached hydrogen (secondary N) is 1. The van der Waals surface area contributed by atoms with Gasteiger partial charge in [0.2, 0.25) is 0 Å². The first-order chi connectivity index (χ1) is 13.2. The van der Waals surface area contributed by atoms with Crippen molar-refractivity contribution >= 4 is 0 Å². The van der Waals surface area contributed by atoms with Gasteiger partial charge in [0.25, 0.3) is 0 Å². The lowest BCUT2D eigenvalue weighted by Gasteiger charge is -2.48. The van der Waals surface area contributed by atoms with Gasteiger partial charge in [0.05, 0.1) is 39.6 Å². The minimum atomic E-state index is -0.312. The van der Waals surface area contributed by atoms with E-state index in [4.69, 9.17) is 14.2 Å². The molecule has 2 heterocycles. The fourth-order valence-electron chi connectivity index (χ4n) is 5.10. The molecule has 6 heteroatoms. The number of aliphatic hydroxyl groups excluding tert-OH is 1. The largest absolute Gasteiger partial charge is 0.493 e. The Morgan fingerprint density at radius 1 is 1.22 bits per heavy atom. The average Bonchev–Trinajstić information content (AvgIpc) is 3.21. The van der Waals surface area contributed by atoms with Gasteiger partial charge >= 0.3 is 0 Å². The van der Waals surface area contributed by atoms with Crippen molar-refractivity contribution < 1.29 is 19.3 Å². The van der Waals surface area contributed by atoms with Gasteiger partial charge in [0.15, 0.2) is 11.5 Å². The molecule has 0 amide bonds. The zero-order valence-electron chi connectivity index (χ0n) is 16.5. The summed E-state index contributed by atoms with van der Waals surface area (Å²) in [4.78, 5) is 2.49. The van der Waals surface area contributed by atoms with Crippen LogP contribution in [0.1, 0.15) is 42.9 Å². The van der Waals surface area contributed by atoms with Crippen LogP contribution in [0, 0.1) is 0 Å². The Bertz CT molecular complexity index is 668. The minimum Gasteiger partial charge on any atom is -0.493 e. The summed E-state index contributed by atoms with van der Waals surface area (Å²) in [5.41, 5.74) is 2.31. The third-order valence-electron chi connectivity index (χ3n) is 6.60. The summed E-state index contributed by atoms with van der Waals surface area (Å²) in [6, 6.07) is 4.95. The quantitative estimate of drug-likeness (QED) is 0.791. The molecule has 4 rings (SSSR count). The molecule has 3 aliphatic rings. The molecule has 2 aliphatic heterocycles. The van der Waals surface area contributed by atoms with Crippen LogP contribution >= 0.6 is 0 Å². The summed E-state index contributed by atoms with van der Waals surface area (Å²) in [5.74, 6) is 1.58. The molecule has 2 saturated heterocycles. The van der Waals surface area contributed by atoms with Crippen molar-refractivity contribution in [2.45, 2.75) is 49.7 Å². The van der Waals surface area contributed by atoms with E-state index in [2.05, 4.69) is 22.3 Å². The Morgan fingerprint density at radius 3 is 2.81 bits per heavy atom. The van der Waals surface area contributed by atoms with Gasteiger partial charge < -0.3 is 24.6 Å². The van der Waals surface area contributed by atoms with E-state index in [1.807, 2.05) is 0 Å². The molecule has 6 nitrogen and oxygen atoms in total. The molecule has 2 fully saturated rings. The molecule has 1 aromatic rings. The fourth-order valence-corrected chi connectivity index (χ4v) is 5.10. The first-order valence-corrected chi connectivity index (χ1v) is 10.1. The van der Waals surface area contributed by atoms with Crippen molar-refractivity contribution in [2.75, 3.05) is 47.1 Å². The van der Waals surface area contributed by atoms with E-state index in [1.165, 1.54) is 24.0 Å². The topological polar surface area (TPSA) is 63.2 Å². The summed E-state index contributed by atoms with van der Waals surface area (Å²) < 4.78 is 16.9. The molecule has 1 unspecified atom stereocenters. The van der Waals surface area contributed by atoms with Crippen LogP contribution < -0.4 is 14.8 Å². The molecule has 0 spiro atoms. The minimum absolute atomic E-state index is 0.127. The van der Waals surface area contributed by atoms with E-state index in [0.29, 0.717) is 12.6 Å². The first-order valence-electron chi connectivity index (χ1n) is 10.1. The van der Waals surface area contributed by atoms with Crippen LogP contribution in [0.25, 0.3) is 0 Å². The number of methoxy groups -OCH3 is 2. The van der Waals surface area contributed by atoms with Gasteiger partial charge in [-0.2, -0.15) is 0 Å². The van der Waals surface area contributed by atoms with Crippen LogP contribution in [0.2, 0.25) is 0 Å². The summed E-state index contributed by atoms with van der Waals surface area (Å²) in [7, 11) is 3.37. The number of nitrogens with zero attached hydrogens (tertiary/aromatic N) is 1.